The monoisotopic (exact) mass is 377 g/mol. The van der Waals surface area contributed by atoms with E-state index < -0.39 is 5.91 Å². The number of carbonyl (C=O) groups excluding carboxylic acids is 1. The van der Waals surface area contributed by atoms with Crippen LogP contribution in [0.25, 0.3) is 0 Å². The normalized spacial score (nSPS) is 40.7. The molecule has 4 bridgehead atoms. The molecule has 2 N–H and O–H groups in total. The molecular formula is C20H28ClN3O2. The maximum Gasteiger partial charge on any atom is 0.267 e. The second-order valence-electron chi connectivity index (χ2n) is 8.72. The molecule has 5 aliphatic rings. The number of hydrogen-bond donors (Lipinski definition) is 1. The summed E-state index contributed by atoms with van der Waals surface area (Å²) in [6.45, 7) is 2.23. The van der Waals surface area contributed by atoms with Crippen LogP contribution in [-0.4, -0.2) is 41.5 Å². The Morgan fingerprint density at radius 3 is 2.42 bits per heavy atom. The summed E-state index contributed by atoms with van der Waals surface area (Å²) in [5.74, 6) is 1.49. The summed E-state index contributed by atoms with van der Waals surface area (Å²) in [7, 11) is 1.84. The average Bonchev–Trinajstić information content (AvgIpc) is 2.51. The highest BCUT2D eigenvalue weighted by atomic mass is 35.5. The number of piperidine rings is 1. The number of nitrogens with two attached hydrogens (primary N) is 1. The van der Waals surface area contributed by atoms with Gasteiger partial charge in [0.05, 0.1) is 0 Å². The molecule has 4 aliphatic carbocycles. The number of nitrogens with zero attached hydrogens (tertiary/aromatic N) is 2. The number of fused-ring (bicyclic) bond motifs is 2. The Bertz CT molecular complexity index is 694. The smallest absolute Gasteiger partial charge is 0.267 e. The van der Waals surface area contributed by atoms with Crippen molar-refractivity contribution in [3.8, 4) is 0 Å². The first-order valence-electron chi connectivity index (χ1n) is 9.64. The van der Waals surface area contributed by atoms with Crippen molar-refractivity contribution in [1.82, 2.24) is 9.88 Å². The molecule has 4 saturated carbocycles. The Morgan fingerprint density at radius 2 is 1.92 bits per heavy atom. The molecule has 1 saturated heterocycles. The molecule has 0 spiro atoms. The Morgan fingerprint density at radius 1 is 1.27 bits per heavy atom. The number of methoxy groups -OCH3 is 1. The number of ether oxygens (including phenoxy) is 1. The predicted molar refractivity (Wildman–Crippen MR) is 101 cm³/mol. The molecule has 5 fully saturated rings. The van der Waals surface area contributed by atoms with E-state index >= 15 is 0 Å². The number of halogens is 1. The first-order valence-corrected chi connectivity index (χ1v) is 9.64. The predicted octanol–water partition coefficient (Wildman–Crippen LogP) is 2.73. The molecule has 5 nitrogen and oxygen atoms in total. The number of hydrogen-bond acceptors (Lipinski definition) is 4. The van der Waals surface area contributed by atoms with Gasteiger partial charge in [0.25, 0.3) is 5.91 Å². The topological polar surface area (TPSA) is 68.5 Å². The van der Waals surface area contributed by atoms with Crippen molar-refractivity contribution >= 4 is 18.3 Å². The molecule has 1 aromatic rings. The minimum Gasteiger partial charge on any atom is -0.373 e. The largest absolute Gasteiger partial charge is 0.373 e. The first-order chi connectivity index (χ1) is 12.1. The zero-order chi connectivity index (χ0) is 17.2. The number of carbonyl (C=O) groups is 1. The van der Waals surface area contributed by atoms with E-state index in [1.807, 2.05) is 19.2 Å². The van der Waals surface area contributed by atoms with Gasteiger partial charge in [-0.2, -0.15) is 0 Å². The van der Waals surface area contributed by atoms with E-state index in [1.54, 1.807) is 6.20 Å². The van der Waals surface area contributed by atoms with Crippen molar-refractivity contribution in [2.75, 3.05) is 20.2 Å². The zero-order valence-corrected chi connectivity index (χ0v) is 16.1. The fourth-order valence-electron chi connectivity index (χ4n) is 6.37. The Labute approximate surface area is 161 Å². The van der Waals surface area contributed by atoms with Crippen molar-refractivity contribution < 1.29 is 9.53 Å². The molecule has 2 heterocycles. The number of aromatic nitrogens is 1. The van der Waals surface area contributed by atoms with Gasteiger partial charge < -0.3 is 10.5 Å². The lowest BCUT2D eigenvalue weighted by Gasteiger charge is -2.70. The maximum absolute atomic E-state index is 11.6. The Hall–Kier alpha value is -1.17. The van der Waals surface area contributed by atoms with Crippen LogP contribution in [0.2, 0.25) is 0 Å². The standard InChI is InChI=1S/C20H27N3O2.ClH/c1-25-20(14-5-6-22-17(7-14)18(21)24)15-3-2-4-16(20)12-23(11-15)19-8-13(9-19)10-19;/h5-7,13,15-16H,2-4,8-12H2,1H3,(H2,21,24);1H/t13?,15-,16+,19?,20-;. The van der Waals surface area contributed by atoms with E-state index in [-0.39, 0.29) is 18.0 Å². The van der Waals surface area contributed by atoms with Gasteiger partial charge in [0.15, 0.2) is 0 Å². The second kappa shape index (κ2) is 6.18. The fourth-order valence-corrected chi connectivity index (χ4v) is 6.37. The van der Waals surface area contributed by atoms with Gasteiger partial charge in [-0.3, -0.25) is 14.7 Å². The molecule has 0 radical (unpaired) electrons. The van der Waals surface area contributed by atoms with E-state index in [1.165, 1.54) is 38.5 Å². The molecule has 1 aromatic heterocycles. The molecule has 0 unspecified atom stereocenters. The second-order valence-corrected chi connectivity index (χ2v) is 8.72. The van der Waals surface area contributed by atoms with Crippen molar-refractivity contribution in [2.24, 2.45) is 23.5 Å². The molecule has 1 amide bonds. The third kappa shape index (κ3) is 2.30. The molecule has 6 rings (SSSR count). The third-order valence-electron chi connectivity index (χ3n) is 7.68. The van der Waals surface area contributed by atoms with Gasteiger partial charge in [0.2, 0.25) is 0 Å². The first kappa shape index (κ1) is 18.2. The molecule has 3 atom stereocenters. The number of likely N-dealkylation sites (tertiary alicyclic amines) is 1. The van der Waals surface area contributed by atoms with E-state index in [0.29, 0.717) is 23.1 Å². The number of rotatable bonds is 4. The van der Waals surface area contributed by atoms with Crippen LogP contribution in [-0.2, 0) is 10.3 Å². The van der Waals surface area contributed by atoms with Crippen LogP contribution in [0, 0.1) is 17.8 Å². The third-order valence-corrected chi connectivity index (χ3v) is 7.68. The van der Waals surface area contributed by atoms with Gasteiger partial charge in [-0.1, -0.05) is 6.42 Å². The van der Waals surface area contributed by atoms with Gasteiger partial charge >= 0.3 is 0 Å². The van der Waals surface area contributed by atoms with Crippen molar-refractivity contribution in [3.63, 3.8) is 0 Å². The molecule has 6 heteroatoms. The lowest BCUT2D eigenvalue weighted by atomic mass is 9.48. The van der Waals surface area contributed by atoms with Crippen LogP contribution in [0.4, 0.5) is 0 Å². The molecular weight excluding hydrogens is 350 g/mol. The van der Waals surface area contributed by atoms with Crippen molar-refractivity contribution in [2.45, 2.75) is 49.7 Å². The van der Waals surface area contributed by atoms with Gasteiger partial charge in [0.1, 0.15) is 11.3 Å². The fraction of sp³-hybridized carbons (Fsp3) is 0.700. The van der Waals surface area contributed by atoms with Gasteiger partial charge in [0, 0.05) is 43.8 Å². The molecule has 1 aliphatic heterocycles. The Balaban J connectivity index is 0.00000168. The van der Waals surface area contributed by atoms with Crippen LogP contribution >= 0.6 is 12.4 Å². The summed E-state index contributed by atoms with van der Waals surface area (Å²) in [5.41, 5.74) is 7.13. The summed E-state index contributed by atoms with van der Waals surface area (Å²) >= 11 is 0. The highest BCUT2D eigenvalue weighted by Crippen LogP contribution is 2.63. The average molecular weight is 378 g/mol. The van der Waals surface area contributed by atoms with Gasteiger partial charge in [-0.15, -0.1) is 12.4 Å². The highest BCUT2D eigenvalue weighted by Gasteiger charge is 2.63. The van der Waals surface area contributed by atoms with Crippen LogP contribution < -0.4 is 5.73 Å². The quantitative estimate of drug-likeness (QED) is 0.875. The summed E-state index contributed by atoms with van der Waals surface area (Å²) in [5, 5.41) is 0. The Kier molecular flexibility index (Phi) is 4.33. The number of amides is 1. The van der Waals surface area contributed by atoms with E-state index in [4.69, 9.17) is 10.5 Å². The van der Waals surface area contributed by atoms with Crippen LogP contribution in [0.5, 0.6) is 0 Å². The highest BCUT2D eigenvalue weighted by molar-refractivity contribution is 5.90. The zero-order valence-electron chi connectivity index (χ0n) is 15.3. The summed E-state index contributed by atoms with van der Waals surface area (Å²) in [6.07, 6.45) is 9.59. The number of primary amides is 1. The minimum atomic E-state index is -0.468. The molecule has 26 heavy (non-hydrogen) atoms. The van der Waals surface area contributed by atoms with Gasteiger partial charge in [-0.05, 0) is 55.7 Å². The SMILES string of the molecule is CO[C@]1(c2ccnc(C(N)=O)c2)[C@@H]2CCC[C@H]1CN(C13CC(C1)C3)C2.Cl. The molecule has 142 valence electrons. The summed E-state index contributed by atoms with van der Waals surface area (Å²) in [6, 6.07) is 3.89. The van der Waals surface area contributed by atoms with Crippen LogP contribution in [0.15, 0.2) is 18.3 Å². The lowest BCUT2D eigenvalue weighted by Crippen LogP contribution is -2.73. The molecule has 0 aromatic carbocycles. The van der Waals surface area contributed by atoms with Crippen LogP contribution in [0.1, 0.15) is 54.6 Å². The van der Waals surface area contributed by atoms with E-state index in [9.17, 15) is 4.79 Å². The minimum absolute atomic E-state index is 0. The van der Waals surface area contributed by atoms with Crippen molar-refractivity contribution in [1.29, 1.82) is 0 Å². The van der Waals surface area contributed by atoms with E-state index in [0.717, 1.165) is 24.6 Å². The van der Waals surface area contributed by atoms with Crippen molar-refractivity contribution in [3.05, 3.63) is 29.6 Å². The van der Waals surface area contributed by atoms with E-state index in [2.05, 4.69) is 9.88 Å². The summed E-state index contributed by atoms with van der Waals surface area (Å²) in [4.78, 5) is 18.5. The number of pyridine rings is 1. The maximum atomic E-state index is 11.6. The van der Waals surface area contributed by atoms with Gasteiger partial charge in [-0.25, -0.2) is 0 Å². The lowest BCUT2D eigenvalue weighted by molar-refractivity contribution is -0.226. The van der Waals surface area contributed by atoms with Crippen LogP contribution in [0.3, 0.4) is 0 Å². The summed E-state index contributed by atoms with van der Waals surface area (Å²) < 4.78 is 6.29.